The van der Waals surface area contributed by atoms with Crippen LogP contribution in [0.25, 0.3) is 0 Å². The van der Waals surface area contributed by atoms with Crippen molar-refractivity contribution in [2.24, 2.45) is 21.9 Å². The van der Waals surface area contributed by atoms with Gasteiger partial charge in [0.1, 0.15) is 0 Å². The smallest absolute Gasteiger partial charge is 0.0363 e. The van der Waals surface area contributed by atoms with E-state index in [-0.39, 0.29) is 27.6 Å². The summed E-state index contributed by atoms with van der Waals surface area (Å²) in [6, 6.07) is 0. The van der Waals surface area contributed by atoms with Gasteiger partial charge in [-0.15, -0.1) is 0 Å². The number of hydrogen-bond acceptors (Lipinski definition) is 10. The molecule has 0 aromatic rings. The predicted octanol–water partition coefficient (Wildman–Crippen LogP) is 1.20. The number of nitriles is 2. The van der Waals surface area contributed by atoms with E-state index in [9.17, 15) is 0 Å². The van der Waals surface area contributed by atoms with Crippen LogP contribution in [0.4, 0.5) is 0 Å². The van der Waals surface area contributed by atoms with Crippen LogP contribution < -0.4 is 22.3 Å². The maximum Gasteiger partial charge on any atom is 0.0363 e. The first-order valence-corrected chi connectivity index (χ1v) is 8.76. The molecule has 0 spiro atoms. The van der Waals surface area contributed by atoms with Crippen LogP contribution in [0.2, 0.25) is 0 Å². The van der Waals surface area contributed by atoms with Crippen molar-refractivity contribution in [3.63, 3.8) is 0 Å². The largest absolute Gasteiger partial charge is 0.696 e. The number of thiocyanates is 2. The minimum atomic E-state index is -0.00654. The molecule has 0 fully saturated rings. The van der Waals surface area contributed by atoms with Gasteiger partial charge in [0.15, 0.2) is 0 Å². The molecule has 0 aromatic heterocycles. The van der Waals surface area contributed by atoms with Gasteiger partial charge >= 0.3 is 0 Å². The third-order valence-electron chi connectivity index (χ3n) is 3.17. The average Bonchev–Trinajstić information content (AvgIpc) is 2.52. The van der Waals surface area contributed by atoms with Crippen LogP contribution >= 0.6 is 0 Å². The van der Waals surface area contributed by atoms with E-state index in [2.05, 4.69) is 73.8 Å². The van der Waals surface area contributed by atoms with Gasteiger partial charge in [-0.2, -0.15) is 10.2 Å². The summed E-state index contributed by atoms with van der Waals surface area (Å²) in [4.78, 5) is 0. The summed E-state index contributed by atoms with van der Waals surface area (Å²) in [6.07, 6.45) is 1.68. The second-order valence-corrected chi connectivity index (χ2v) is 7.25. The Bertz CT molecular complexity index is 462. The monoisotopic (exact) mass is 458 g/mol. The van der Waals surface area contributed by atoms with Crippen LogP contribution in [0.3, 0.4) is 0 Å². The molecule has 160 valence electrons. The van der Waals surface area contributed by atoms with Crippen molar-refractivity contribution < 1.29 is 16.5 Å². The zero-order valence-electron chi connectivity index (χ0n) is 16.9. The number of nitrogens with zero attached hydrogens (tertiary/aromatic N) is 4. The zero-order chi connectivity index (χ0) is 21.2. The first kappa shape index (κ1) is 33.4. The second kappa shape index (κ2) is 19.5. The standard InChI is InChI=1S/C14H32N6.2CHNS.Ni/c1-11(19-15)9-13(3,4)17-7-8-18-14(5,6)10-12(2)20-16;2*2-1-3;/h17-18H,7-10,15-16H2,1-6H3;2*3H;/p-2. The molecule has 0 unspecified atom stereocenters. The Morgan fingerprint density at radius 2 is 1.07 bits per heavy atom. The van der Waals surface area contributed by atoms with E-state index in [4.69, 9.17) is 22.2 Å². The Morgan fingerprint density at radius 3 is 1.26 bits per heavy atom. The molecule has 0 aliphatic carbocycles. The molecule has 0 aliphatic rings. The third kappa shape index (κ3) is 27.1. The Kier molecular flexibility index (Phi) is 24.1. The van der Waals surface area contributed by atoms with E-state index in [0.717, 1.165) is 37.4 Å². The van der Waals surface area contributed by atoms with Gasteiger partial charge in [0.25, 0.3) is 0 Å². The maximum absolute atomic E-state index is 7.13. The number of hydrazone groups is 2. The van der Waals surface area contributed by atoms with Gasteiger partial charge in [-0.1, -0.05) is 10.8 Å². The molecular formula is C16H32N8NiS2-2. The molecule has 0 saturated carbocycles. The molecule has 0 radical (unpaired) electrons. The molecular weight excluding hydrogens is 427 g/mol. The zero-order valence-corrected chi connectivity index (χ0v) is 19.5. The van der Waals surface area contributed by atoms with Crippen molar-refractivity contribution >= 4 is 36.7 Å². The van der Waals surface area contributed by atoms with E-state index < -0.39 is 0 Å². The molecule has 0 aromatic carbocycles. The minimum Gasteiger partial charge on any atom is -0.696 e. The molecule has 0 aliphatic heterocycles. The Morgan fingerprint density at radius 1 is 0.852 bits per heavy atom. The van der Waals surface area contributed by atoms with E-state index >= 15 is 0 Å². The molecule has 0 bridgehead atoms. The van der Waals surface area contributed by atoms with Crippen molar-refractivity contribution in [1.29, 1.82) is 10.5 Å². The molecule has 11 heteroatoms. The molecule has 27 heavy (non-hydrogen) atoms. The second-order valence-electron chi connectivity index (χ2n) is 6.89. The first-order chi connectivity index (χ1) is 11.9. The summed E-state index contributed by atoms with van der Waals surface area (Å²) in [7, 11) is 0. The molecule has 0 atom stereocenters. The van der Waals surface area contributed by atoms with Gasteiger partial charge < -0.3 is 47.6 Å². The summed E-state index contributed by atoms with van der Waals surface area (Å²) in [5.74, 6) is 10.6. The van der Waals surface area contributed by atoms with Gasteiger partial charge in [0.05, 0.1) is 0 Å². The van der Waals surface area contributed by atoms with Crippen molar-refractivity contribution in [3.05, 3.63) is 0 Å². The fourth-order valence-corrected chi connectivity index (χ4v) is 2.30. The van der Waals surface area contributed by atoms with Crippen molar-refractivity contribution in [1.82, 2.24) is 10.6 Å². The summed E-state index contributed by atoms with van der Waals surface area (Å²) in [6.45, 7) is 14.3. The van der Waals surface area contributed by atoms with Crippen LogP contribution in [-0.2, 0) is 41.7 Å². The first-order valence-electron chi connectivity index (χ1n) is 7.94. The van der Waals surface area contributed by atoms with Crippen LogP contribution in [0.1, 0.15) is 54.4 Å². The van der Waals surface area contributed by atoms with Crippen LogP contribution in [-0.4, -0.2) is 35.6 Å². The minimum absolute atomic E-state index is 0. The molecule has 0 rings (SSSR count). The van der Waals surface area contributed by atoms with Crippen LogP contribution in [0.5, 0.6) is 0 Å². The van der Waals surface area contributed by atoms with Crippen LogP contribution in [0.15, 0.2) is 10.2 Å². The Labute approximate surface area is 185 Å². The molecule has 0 saturated heterocycles. The van der Waals surface area contributed by atoms with E-state index in [0.29, 0.717) is 0 Å². The Balaban J connectivity index is -0.000000331. The number of nitrogens with one attached hydrogen (secondary N) is 2. The average molecular weight is 459 g/mol. The Hall–Kier alpha value is -1.23. The number of rotatable bonds is 9. The van der Waals surface area contributed by atoms with Gasteiger partial charge in [-0.3, -0.25) is 0 Å². The van der Waals surface area contributed by atoms with E-state index in [1.54, 1.807) is 0 Å². The fraction of sp³-hybridized carbons (Fsp3) is 0.750. The van der Waals surface area contributed by atoms with Crippen LogP contribution in [0, 0.1) is 21.3 Å². The van der Waals surface area contributed by atoms with Crippen molar-refractivity contribution in [3.8, 4) is 10.8 Å². The molecule has 8 nitrogen and oxygen atoms in total. The maximum atomic E-state index is 7.13. The summed E-state index contributed by atoms with van der Waals surface area (Å²) >= 11 is 7.40. The normalized spacial score (nSPS) is 11.4. The summed E-state index contributed by atoms with van der Waals surface area (Å²) in [5.41, 5.74) is 1.89. The van der Waals surface area contributed by atoms with Gasteiger partial charge in [0, 0.05) is 64.9 Å². The SMILES string of the molecule is CC(CC(C)(C)NCCNC(C)(C)CC(C)=NN)=NN.N#C[S-].N#C[S-].[Ni]. The van der Waals surface area contributed by atoms with Crippen molar-refractivity contribution in [2.75, 3.05) is 13.1 Å². The quantitative estimate of drug-likeness (QED) is 0.0765. The topological polar surface area (TPSA) is 148 Å². The number of nitrogens with two attached hydrogens (primary N) is 2. The van der Waals surface area contributed by atoms with Crippen molar-refractivity contribution in [2.45, 2.75) is 65.5 Å². The molecule has 0 heterocycles. The van der Waals surface area contributed by atoms with E-state index in [1.807, 2.05) is 13.8 Å². The molecule has 6 N–H and O–H groups in total. The summed E-state index contributed by atoms with van der Waals surface area (Å²) < 4.78 is 0. The third-order valence-corrected chi connectivity index (χ3v) is 3.17. The van der Waals surface area contributed by atoms with Gasteiger partial charge in [0.2, 0.25) is 0 Å². The predicted molar refractivity (Wildman–Crippen MR) is 114 cm³/mol. The summed E-state index contributed by atoms with van der Waals surface area (Å²) in [5, 5.41) is 31.4. The number of hydrogen-bond donors (Lipinski definition) is 4. The van der Waals surface area contributed by atoms with E-state index in [1.165, 1.54) is 10.8 Å². The fourth-order valence-electron chi connectivity index (χ4n) is 2.30. The van der Waals surface area contributed by atoms with Gasteiger partial charge in [-0.05, 0) is 41.5 Å². The molecule has 0 amide bonds. The van der Waals surface area contributed by atoms with Gasteiger partial charge in [-0.25, -0.2) is 10.5 Å².